The number of pyridine rings is 1. The Morgan fingerprint density at radius 2 is 1.55 bits per heavy atom. The molecular weight excluding hydrogens is 242 g/mol. The Bertz CT molecular complexity index is 701. The van der Waals surface area contributed by atoms with Crippen LogP contribution >= 0.6 is 0 Å². The number of aryl methyl sites for hydroxylation is 1. The van der Waals surface area contributed by atoms with Gasteiger partial charge in [0.1, 0.15) is 0 Å². The largest absolute Gasteiger partial charge is 0.260 e. The number of unbranched alkanes of at least 4 members (excludes halogenated alkanes) is 1. The van der Waals surface area contributed by atoms with Crippen molar-refractivity contribution in [3.05, 3.63) is 66.5 Å². The van der Waals surface area contributed by atoms with E-state index in [9.17, 15) is 0 Å². The van der Waals surface area contributed by atoms with E-state index < -0.39 is 0 Å². The highest BCUT2D eigenvalue weighted by molar-refractivity contribution is 5.97. The van der Waals surface area contributed by atoms with Gasteiger partial charge in [0.25, 0.3) is 0 Å². The van der Waals surface area contributed by atoms with Gasteiger partial charge in [-0.05, 0) is 23.8 Å². The van der Waals surface area contributed by atoms with Gasteiger partial charge in [-0.1, -0.05) is 67.9 Å². The van der Waals surface area contributed by atoms with E-state index in [1.807, 2.05) is 6.20 Å². The van der Waals surface area contributed by atoms with E-state index in [0.717, 1.165) is 6.42 Å². The first-order valence-electron chi connectivity index (χ1n) is 7.32. The van der Waals surface area contributed by atoms with Crippen LogP contribution in [0, 0.1) is 0 Å². The van der Waals surface area contributed by atoms with Crippen LogP contribution in [0.4, 0.5) is 0 Å². The van der Waals surface area contributed by atoms with Gasteiger partial charge in [0.05, 0.1) is 0 Å². The van der Waals surface area contributed by atoms with Gasteiger partial charge in [-0.15, -0.1) is 0 Å². The molecule has 0 aliphatic carbocycles. The maximum atomic E-state index is 4.72. The molecule has 0 fully saturated rings. The van der Waals surface area contributed by atoms with Gasteiger partial charge in [0.2, 0.25) is 0 Å². The molecular formula is C19H19N. The Morgan fingerprint density at radius 1 is 0.850 bits per heavy atom. The van der Waals surface area contributed by atoms with Gasteiger partial charge in [-0.2, -0.15) is 0 Å². The van der Waals surface area contributed by atoms with E-state index in [-0.39, 0.29) is 0 Å². The molecule has 1 heteroatoms. The van der Waals surface area contributed by atoms with Crippen LogP contribution in [0.5, 0.6) is 0 Å². The van der Waals surface area contributed by atoms with Gasteiger partial charge in [0.15, 0.2) is 0 Å². The highest BCUT2D eigenvalue weighted by Gasteiger charge is 2.08. The lowest BCUT2D eigenvalue weighted by Crippen LogP contribution is -1.94. The number of nitrogens with zero attached hydrogens (tertiary/aromatic N) is 1. The Labute approximate surface area is 120 Å². The second-order valence-electron chi connectivity index (χ2n) is 5.13. The lowest BCUT2D eigenvalue weighted by atomic mass is 9.98. The fraction of sp³-hybridized carbons (Fsp3) is 0.211. The summed E-state index contributed by atoms with van der Waals surface area (Å²) in [4.78, 5) is 4.72. The summed E-state index contributed by atoms with van der Waals surface area (Å²) >= 11 is 0. The normalized spacial score (nSPS) is 10.8. The highest BCUT2D eigenvalue weighted by Crippen LogP contribution is 2.29. The van der Waals surface area contributed by atoms with Gasteiger partial charge in [-0.25, -0.2) is 0 Å². The van der Waals surface area contributed by atoms with E-state index in [4.69, 9.17) is 4.98 Å². The molecule has 1 aromatic heterocycles. The van der Waals surface area contributed by atoms with E-state index in [2.05, 4.69) is 61.5 Å². The summed E-state index contributed by atoms with van der Waals surface area (Å²) in [6.07, 6.45) is 5.49. The first-order chi connectivity index (χ1) is 9.90. The highest BCUT2D eigenvalue weighted by atomic mass is 14.7. The van der Waals surface area contributed by atoms with Crippen LogP contribution in [0.2, 0.25) is 0 Å². The molecule has 1 heterocycles. The third-order valence-electron chi connectivity index (χ3n) is 3.73. The van der Waals surface area contributed by atoms with Crippen LogP contribution in [0.3, 0.4) is 0 Å². The average Bonchev–Trinajstić information content (AvgIpc) is 2.53. The Morgan fingerprint density at radius 3 is 2.30 bits per heavy atom. The number of benzene rings is 2. The minimum absolute atomic E-state index is 1.06. The quantitative estimate of drug-likeness (QED) is 0.625. The van der Waals surface area contributed by atoms with Crippen molar-refractivity contribution in [3.8, 4) is 11.1 Å². The lowest BCUT2D eigenvalue weighted by Gasteiger charge is -2.10. The third kappa shape index (κ3) is 2.44. The van der Waals surface area contributed by atoms with Crippen molar-refractivity contribution in [2.75, 3.05) is 0 Å². The summed E-state index contributed by atoms with van der Waals surface area (Å²) in [5.74, 6) is 0. The smallest absolute Gasteiger partial charge is 0.0482 e. The van der Waals surface area contributed by atoms with Crippen molar-refractivity contribution in [3.63, 3.8) is 0 Å². The third-order valence-corrected chi connectivity index (χ3v) is 3.73. The van der Waals surface area contributed by atoms with E-state index >= 15 is 0 Å². The Balaban J connectivity index is 2.16. The minimum Gasteiger partial charge on any atom is -0.260 e. The second-order valence-corrected chi connectivity index (χ2v) is 5.13. The van der Waals surface area contributed by atoms with Crippen LogP contribution in [-0.2, 0) is 6.42 Å². The van der Waals surface area contributed by atoms with E-state index in [0.29, 0.717) is 0 Å². The molecule has 0 N–H and O–H groups in total. The molecule has 1 nitrogen and oxygen atoms in total. The molecule has 0 saturated heterocycles. The van der Waals surface area contributed by atoms with Crippen molar-refractivity contribution < 1.29 is 0 Å². The molecule has 0 amide bonds. The van der Waals surface area contributed by atoms with Crippen molar-refractivity contribution >= 4 is 10.8 Å². The molecule has 0 atom stereocenters. The molecule has 3 rings (SSSR count). The minimum atomic E-state index is 1.06. The van der Waals surface area contributed by atoms with Gasteiger partial charge >= 0.3 is 0 Å². The van der Waals surface area contributed by atoms with Crippen LogP contribution in [-0.4, -0.2) is 4.98 Å². The first kappa shape index (κ1) is 12.9. The Kier molecular flexibility index (Phi) is 3.78. The fourth-order valence-electron chi connectivity index (χ4n) is 2.64. The van der Waals surface area contributed by atoms with E-state index in [1.165, 1.54) is 40.4 Å². The maximum Gasteiger partial charge on any atom is 0.0482 e. The van der Waals surface area contributed by atoms with Crippen molar-refractivity contribution in [2.24, 2.45) is 0 Å². The summed E-state index contributed by atoms with van der Waals surface area (Å²) in [5.41, 5.74) is 3.68. The molecule has 0 unspecified atom stereocenters. The van der Waals surface area contributed by atoms with Gasteiger partial charge in [0, 0.05) is 22.8 Å². The van der Waals surface area contributed by atoms with Crippen LogP contribution in [0.15, 0.2) is 60.8 Å². The van der Waals surface area contributed by atoms with Crippen LogP contribution in [0.25, 0.3) is 21.9 Å². The zero-order valence-corrected chi connectivity index (χ0v) is 11.8. The number of aromatic nitrogens is 1. The summed E-state index contributed by atoms with van der Waals surface area (Å²) in [5, 5.41) is 2.60. The Hall–Kier alpha value is -2.15. The predicted molar refractivity (Wildman–Crippen MR) is 85.8 cm³/mol. The van der Waals surface area contributed by atoms with Gasteiger partial charge in [-0.3, -0.25) is 4.98 Å². The molecule has 20 heavy (non-hydrogen) atoms. The summed E-state index contributed by atoms with van der Waals surface area (Å²) < 4.78 is 0. The second kappa shape index (κ2) is 5.87. The predicted octanol–water partition coefficient (Wildman–Crippen LogP) is 5.24. The molecule has 2 aromatic carbocycles. The first-order valence-corrected chi connectivity index (χ1v) is 7.32. The molecule has 0 spiro atoms. The summed E-state index contributed by atoms with van der Waals surface area (Å²) in [6.45, 7) is 2.22. The summed E-state index contributed by atoms with van der Waals surface area (Å²) in [7, 11) is 0. The zero-order chi connectivity index (χ0) is 13.8. The number of fused-ring (bicyclic) bond motifs is 1. The molecule has 0 bridgehead atoms. The SMILES string of the molecule is CCCCc1ncc(-c2ccccc2)c2ccccc12. The number of rotatable bonds is 4. The molecule has 0 aliphatic heterocycles. The summed E-state index contributed by atoms with van der Waals surface area (Å²) in [6, 6.07) is 19.1. The number of hydrogen-bond donors (Lipinski definition) is 0. The maximum absolute atomic E-state index is 4.72. The van der Waals surface area contributed by atoms with Crippen molar-refractivity contribution in [2.45, 2.75) is 26.2 Å². The van der Waals surface area contributed by atoms with Crippen LogP contribution in [0.1, 0.15) is 25.5 Å². The van der Waals surface area contributed by atoms with Crippen molar-refractivity contribution in [1.29, 1.82) is 0 Å². The number of hydrogen-bond acceptors (Lipinski definition) is 1. The topological polar surface area (TPSA) is 12.9 Å². The monoisotopic (exact) mass is 261 g/mol. The van der Waals surface area contributed by atoms with Crippen LogP contribution < -0.4 is 0 Å². The van der Waals surface area contributed by atoms with Gasteiger partial charge < -0.3 is 0 Å². The lowest BCUT2D eigenvalue weighted by molar-refractivity contribution is 0.782. The van der Waals surface area contributed by atoms with E-state index in [1.54, 1.807) is 0 Å². The molecule has 0 saturated carbocycles. The zero-order valence-electron chi connectivity index (χ0n) is 11.8. The fourth-order valence-corrected chi connectivity index (χ4v) is 2.64. The molecule has 0 aliphatic rings. The average molecular weight is 261 g/mol. The molecule has 3 aromatic rings. The molecule has 100 valence electrons. The van der Waals surface area contributed by atoms with Crippen molar-refractivity contribution in [1.82, 2.24) is 4.98 Å². The standard InChI is InChI=1S/C19H19N/c1-2-3-13-19-17-12-8-7-11-16(17)18(14-20-19)15-9-5-4-6-10-15/h4-12,14H,2-3,13H2,1H3. The molecule has 0 radical (unpaired) electrons.